The van der Waals surface area contributed by atoms with Crippen LogP contribution >= 0.6 is 0 Å². The van der Waals surface area contributed by atoms with Gasteiger partial charge in [0.05, 0.1) is 6.54 Å². The van der Waals surface area contributed by atoms with E-state index in [1.807, 2.05) is 0 Å². The second kappa shape index (κ2) is 3.42. The number of nitrogens with two attached hydrogens (primary N) is 1. The predicted octanol–water partition coefficient (Wildman–Crippen LogP) is 0.104. The molecule has 1 heterocycles. The molecule has 0 atom stereocenters. The van der Waals surface area contributed by atoms with Crippen molar-refractivity contribution in [2.24, 2.45) is 0 Å². The van der Waals surface area contributed by atoms with Crippen LogP contribution in [0.4, 0.5) is 11.6 Å². The molecule has 0 bridgehead atoms. The topological polar surface area (TPSA) is 63.8 Å². The van der Waals surface area contributed by atoms with Gasteiger partial charge in [0.1, 0.15) is 0 Å². The molecule has 0 spiro atoms. The zero-order chi connectivity index (χ0) is 8.10. The SMILES string of the molecule is C#CCNc1nccnc1N. The Morgan fingerprint density at radius 2 is 2.27 bits per heavy atom. The molecule has 1 aromatic heterocycles. The average Bonchev–Trinajstić information content (AvgIpc) is 2.03. The van der Waals surface area contributed by atoms with Crippen molar-refractivity contribution in [1.29, 1.82) is 0 Å². The number of nitrogens with zero attached hydrogens (tertiary/aromatic N) is 2. The highest BCUT2D eigenvalue weighted by atomic mass is 15.0. The maximum atomic E-state index is 5.46. The summed E-state index contributed by atoms with van der Waals surface area (Å²) in [5.74, 6) is 3.31. The van der Waals surface area contributed by atoms with Crippen LogP contribution in [0.1, 0.15) is 0 Å². The van der Waals surface area contributed by atoms with E-state index >= 15 is 0 Å². The monoisotopic (exact) mass is 148 g/mol. The van der Waals surface area contributed by atoms with Gasteiger partial charge in [-0.25, -0.2) is 9.97 Å². The van der Waals surface area contributed by atoms with Gasteiger partial charge < -0.3 is 11.1 Å². The molecule has 0 amide bonds. The van der Waals surface area contributed by atoms with Crippen molar-refractivity contribution in [1.82, 2.24) is 9.97 Å². The summed E-state index contributed by atoms with van der Waals surface area (Å²) in [5, 5.41) is 2.83. The van der Waals surface area contributed by atoms with Gasteiger partial charge in [0.15, 0.2) is 11.6 Å². The van der Waals surface area contributed by atoms with Gasteiger partial charge in [-0.05, 0) is 0 Å². The summed E-state index contributed by atoms with van der Waals surface area (Å²) in [6, 6.07) is 0. The Morgan fingerprint density at radius 1 is 1.55 bits per heavy atom. The Hall–Kier alpha value is -1.76. The quantitative estimate of drug-likeness (QED) is 0.584. The molecule has 56 valence electrons. The number of terminal acetylenes is 1. The van der Waals surface area contributed by atoms with Crippen molar-refractivity contribution in [3.8, 4) is 12.3 Å². The highest BCUT2D eigenvalue weighted by molar-refractivity contribution is 5.55. The highest BCUT2D eigenvalue weighted by Gasteiger charge is 1.96. The summed E-state index contributed by atoms with van der Waals surface area (Å²) in [6.07, 6.45) is 8.10. The van der Waals surface area contributed by atoms with Crippen molar-refractivity contribution in [3.63, 3.8) is 0 Å². The van der Waals surface area contributed by atoms with Gasteiger partial charge in [-0.1, -0.05) is 5.92 Å². The van der Waals surface area contributed by atoms with Gasteiger partial charge >= 0.3 is 0 Å². The van der Waals surface area contributed by atoms with E-state index in [9.17, 15) is 0 Å². The molecule has 3 N–H and O–H groups in total. The van der Waals surface area contributed by atoms with Gasteiger partial charge in [-0.15, -0.1) is 6.42 Å². The number of nitrogen functional groups attached to an aromatic ring is 1. The molecule has 0 radical (unpaired) electrons. The molecule has 0 aliphatic carbocycles. The molecular weight excluding hydrogens is 140 g/mol. The maximum absolute atomic E-state index is 5.46. The lowest BCUT2D eigenvalue weighted by Crippen LogP contribution is -2.05. The lowest BCUT2D eigenvalue weighted by Gasteiger charge is -2.01. The predicted molar refractivity (Wildman–Crippen MR) is 43.8 cm³/mol. The minimum absolute atomic E-state index is 0.364. The number of nitrogens with one attached hydrogen (secondary N) is 1. The number of hydrogen-bond donors (Lipinski definition) is 2. The zero-order valence-electron chi connectivity index (χ0n) is 5.91. The third kappa shape index (κ3) is 1.83. The van der Waals surface area contributed by atoms with E-state index in [0.717, 1.165) is 0 Å². The molecule has 0 aromatic carbocycles. The minimum atomic E-state index is 0.364. The fourth-order valence-electron chi connectivity index (χ4n) is 0.620. The van der Waals surface area contributed by atoms with Crippen LogP contribution in [-0.2, 0) is 0 Å². The van der Waals surface area contributed by atoms with Crippen LogP contribution in [0.3, 0.4) is 0 Å². The summed E-state index contributed by atoms with van der Waals surface area (Å²) in [6.45, 7) is 0.406. The molecule has 1 aromatic rings. The molecule has 0 unspecified atom stereocenters. The first-order valence-corrected chi connectivity index (χ1v) is 3.08. The molecule has 1 rings (SSSR count). The van der Waals surface area contributed by atoms with E-state index in [2.05, 4.69) is 21.2 Å². The summed E-state index contributed by atoms with van der Waals surface area (Å²) in [7, 11) is 0. The molecule has 4 heteroatoms. The van der Waals surface area contributed by atoms with Gasteiger partial charge in [0.25, 0.3) is 0 Å². The summed E-state index contributed by atoms with van der Waals surface area (Å²) in [5.41, 5.74) is 5.46. The van der Waals surface area contributed by atoms with Crippen LogP contribution < -0.4 is 11.1 Å². The van der Waals surface area contributed by atoms with E-state index < -0.39 is 0 Å². The minimum Gasteiger partial charge on any atom is -0.381 e. The van der Waals surface area contributed by atoms with Gasteiger partial charge in [-0.3, -0.25) is 0 Å². The van der Waals surface area contributed by atoms with Crippen LogP contribution in [-0.4, -0.2) is 16.5 Å². The lowest BCUT2D eigenvalue weighted by atomic mass is 10.5. The fourth-order valence-corrected chi connectivity index (χ4v) is 0.620. The fraction of sp³-hybridized carbons (Fsp3) is 0.143. The molecule has 0 saturated heterocycles. The van der Waals surface area contributed by atoms with E-state index in [-0.39, 0.29) is 0 Å². The van der Waals surface area contributed by atoms with Crippen molar-refractivity contribution in [2.75, 3.05) is 17.6 Å². The maximum Gasteiger partial charge on any atom is 0.169 e. The summed E-state index contributed by atoms with van der Waals surface area (Å²) >= 11 is 0. The van der Waals surface area contributed by atoms with Crippen molar-refractivity contribution < 1.29 is 0 Å². The average molecular weight is 148 g/mol. The van der Waals surface area contributed by atoms with E-state index in [4.69, 9.17) is 12.2 Å². The molecule has 4 nitrogen and oxygen atoms in total. The third-order valence-electron chi connectivity index (χ3n) is 1.08. The van der Waals surface area contributed by atoms with Crippen LogP contribution in [0, 0.1) is 12.3 Å². The Labute approximate surface area is 64.9 Å². The Morgan fingerprint density at radius 3 is 2.91 bits per heavy atom. The smallest absolute Gasteiger partial charge is 0.169 e. The molecular formula is C7H8N4. The van der Waals surface area contributed by atoms with Crippen molar-refractivity contribution in [3.05, 3.63) is 12.4 Å². The van der Waals surface area contributed by atoms with Crippen LogP contribution in [0.15, 0.2) is 12.4 Å². The van der Waals surface area contributed by atoms with Gasteiger partial charge in [0.2, 0.25) is 0 Å². The van der Waals surface area contributed by atoms with Crippen molar-refractivity contribution >= 4 is 11.6 Å². The number of hydrogen-bond acceptors (Lipinski definition) is 4. The molecule has 0 saturated carbocycles. The van der Waals surface area contributed by atoms with Crippen LogP contribution in [0.25, 0.3) is 0 Å². The van der Waals surface area contributed by atoms with E-state index in [1.54, 1.807) is 6.20 Å². The van der Waals surface area contributed by atoms with Gasteiger partial charge in [-0.2, -0.15) is 0 Å². The van der Waals surface area contributed by atoms with E-state index in [0.29, 0.717) is 18.2 Å². The normalized spacial score (nSPS) is 8.64. The molecule has 0 aliphatic rings. The number of rotatable bonds is 2. The largest absolute Gasteiger partial charge is 0.381 e. The second-order valence-electron chi connectivity index (χ2n) is 1.85. The second-order valence-corrected chi connectivity index (χ2v) is 1.85. The first-order valence-electron chi connectivity index (χ1n) is 3.08. The zero-order valence-corrected chi connectivity index (χ0v) is 5.91. The first-order chi connectivity index (χ1) is 5.34. The van der Waals surface area contributed by atoms with E-state index in [1.165, 1.54) is 6.20 Å². The first kappa shape index (κ1) is 7.35. The highest BCUT2D eigenvalue weighted by Crippen LogP contribution is 2.07. The molecule has 11 heavy (non-hydrogen) atoms. The van der Waals surface area contributed by atoms with Crippen LogP contribution in [0.2, 0.25) is 0 Å². The van der Waals surface area contributed by atoms with Crippen LogP contribution in [0.5, 0.6) is 0 Å². The summed E-state index contributed by atoms with van der Waals surface area (Å²) in [4.78, 5) is 7.74. The standard InChI is InChI=1S/C7H8N4/c1-2-3-10-7-6(8)9-4-5-11-7/h1,4-5H,3H2,(H2,8,9)(H,10,11). The Kier molecular flexibility index (Phi) is 2.28. The number of aromatic nitrogens is 2. The van der Waals surface area contributed by atoms with Gasteiger partial charge in [0, 0.05) is 12.4 Å². The third-order valence-corrected chi connectivity index (χ3v) is 1.08. The Balaban J connectivity index is 2.71. The Bertz CT molecular complexity index is 276. The number of anilines is 2. The lowest BCUT2D eigenvalue weighted by molar-refractivity contribution is 1.18. The molecule has 0 fully saturated rings. The summed E-state index contributed by atoms with van der Waals surface area (Å²) < 4.78 is 0. The molecule has 0 aliphatic heterocycles. The van der Waals surface area contributed by atoms with Crippen molar-refractivity contribution in [2.45, 2.75) is 0 Å².